The summed E-state index contributed by atoms with van der Waals surface area (Å²) >= 11 is 8.80. The standard InChI is InChI=1S/C12H11Br2NS/c1-7-3-2-4-8(10(7)14)11(15)12-9(13)5-6-16-12/h2-6,11H,15H2,1H3. The van der Waals surface area contributed by atoms with Crippen molar-refractivity contribution in [2.75, 3.05) is 0 Å². The Kier molecular flexibility index (Phi) is 3.85. The lowest BCUT2D eigenvalue weighted by Gasteiger charge is -2.14. The lowest BCUT2D eigenvalue weighted by atomic mass is 10.0. The molecule has 0 saturated heterocycles. The van der Waals surface area contributed by atoms with Crippen LogP contribution in [0.1, 0.15) is 22.0 Å². The Bertz CT molecular complexity index is 507. The van der Waals surface area contributed by atoms with Gasteiger partial charge in [0.1, 0.15) is 0 Å². The number of hydrogen-bond donors (Lipinski definition) is 1. The van der Waals surface area contributed by atoms with Crippen LogP contribution in [-0.4, -0.2) is 0 Å². The summed E-state index contributed by atoms with van der Waals surface area (Å²) in [6.45, 7) is 2.07. The molecule has 0 saturated carbocycles. The van der Waals surface area contributed by atoms with Gasteiger partial charge in [0, 0.05) is 13.8 Å². The Hall–Kier alpha value is -0.160. The van der Waals surface area contributed by atoms with E-state index >= 15 is 0 Å². The Balaban J connectivity index is 2.46. The molecule has 1 aromatic heterocycles. The summed E-state index contributed by atoms with van der Waals surface area (Å²) in [6, 6.07) is 8.13. The molecular weight excluding hydrogens is 350 g/mol. The van der Waals surface area contributed by atoms with E-state index in [0.29, 0.717) is 0 Å². The van der Waals surface area contributed by atoms with Gasteiger partial charge in [-0.3, -0.25) is 0 Å². The molecule has 1 heterocycles. The van der Waals surface area contributed by atoms with Crippen molar-refractivity contribution in [3.8, 4) is 0 Å². The van der Waals surface area contributed by atoms with Crippen molar-refractivity contribution >= 4 is 43.2 Å². The van der Waals surface area contributed by atoms with Crippen LogP contribution in [0.25, 0.3) is 0 Å². The highest BCUT2D eigenvalue weighted by Crippen LogP contribution is 2.35. The fourth-order valence-electron chi connectivity index (χ4n) is 1.58. The summed E-state index contributed by atoms with van der Waals surface area (Å²) in [5.74, 6) is 0. The van der Waals surface area contributed by atoms with Crippen LogP contribution >= 0.6 is 43.2 Å². The second-order valence-electron chi connectivity index (χ2n) is 3.59. The first-order valence-electron chi connectivity index (χ1n) is 4.84. The van der Waals surface area contributed by atoms with Crippen molar-refractivity contribution in [1.29, 1.82) is 0 Å². The van der Waals surface area contributed by atoms with Gasteiger partial charge in [-0.05, 0) is 45.4 Å². The topological polar surface area (TPSA) is 26.0 Å². The number of nitrogens with two attached hydrogens (primary N) is 1. The van der Waals surface area contributed by atoms with Gasteiger partial charge in [-0.1, -0.05) is 34.1 Å². The third-order valence-electron chi connectivity index (χ3n) is 2.48. The van der Waals surface area contributed by atoms with Crippen LogP contribution in [0.5, 0.6) is 0 Å². The molecular formula is C12H11Br2NS. The average molecular weight is 361 g/mol. The molecule has 2 rings (SSSR count). The molecule has 0 bridgehead atoms. The first-order chi connectivity index (χ1) is 7.61. The molecule has 1 atom stereocenters. The van der Waals surface area contributed by atoms with E-state index in [4.69, 9.17) is 5.73 Å². The van der Waals surface area contributed by atoms with Crippen molar-refractivity contribution in [2.24, 2.45) is 5.73 Å². The number of rotatable bonds is 2. The first-order valence-corrected chi connectivity index (χ1v) is 7.31. The SMILES string of the molecule is Cc1cccc(C(N)c2sccc2Br)c1Br. The van der Waals surface area contributed by atoms with E-state index in [1.807, 2.05) is 17.5 Å². The highest BCUT2D eigenvalue weighted by Gasteiger charge is 2.16. The molecule has 2 aromatic rings. The molecule has 0 aliphatic carbocycles. The minimum absolute atomic E-state index is 0.0800. The first kappa shape index (κ1) is 12.3. The maximum absolute atomic E-state index is 6.28. The van der Waals surface area contributed by atoms with Crippen molar-refractivity contribution in [1.82, 2.24) is 0 Å². The smallest absolute Gasteiger partial charge is 0.0668 e. The lowest BCUT2D eigenvalue weighted by molar-refractivity contribution is 0.880. The van der Waals surface area contributed by atoms with Gasteiger partial charge in [-0.2, -0.15) is 0 Å². The van der Waals surface area contributed by atoms with Gasteiger partial charge in [-0.25, -0.2) is 0 Å². The number of aryl methyl sites for hydroxylation is 1. The minimum atomic E-state index is -0.0800. The van der Waals surface area contributed by atoms with E-state index in [0.717, 1.165) is 19.4 Å². The number of hydrogen-bond acceptors (Lipinski definition) is 2. The van der Waals surface area contributed by atoms with Crippen molar-refractivity contribution in [3.63, 3.8) is 0 Å². The zero-order valence-corrected chi connectivity index (χ0v) is 12.7. The Labute approximate surface area is 116 Å². The lowest BCUT2D eigenvalue weighted by Crippen LogP contribution is -2.11. The van der Waals surface area contributed by atoms with Gasteiger partial charge >= 0.3 is 0 Å². The molecule has 2 N–H and O–H groups in total. The molecule has 0 aliphatic rings. The van der Waals surface area contributed by atoms with Crippen LogP contribution in [0.2, 0.25) is 0 Å². The number of halogens is 2. The molecule has 1 nitrogen and oxygen atoms in total. The molecule has 0 radical (unpaired) electrons. The maximum atomic E-state index is 6.28. The van der Waals surface area contributed by atoms with E-state index < -0.39 is 0 Å². The van der Waals surface area contributed by atoms with Crippen molar-refractivity contribution < 1.29 is 0 Å². The highest BCUT2D eigenvalue weighted by molar-refractivity contribution is 9.11. The van der Waals surface area contributed by atoms with E-state index in [9.17, 15) is 0 Å². The highest BCUT2D eigenvalue weighted by atomic mass is 79.9. The van der Waals surface area contributed by atoms with Crippen molar-refractivity contribution in [2.45, 2.75) is 13.0 Å². The summed E-state index contributed by atoms with van der Waals surface area (Å²) in [5, 5.41) is 2.04. The second kappa shape index (κ2) is 5.00. The van der Waals surface area contributed by atoms with Crippen LogP contribution in [0, 0.1) is 6.92 Å². The minimum Gasteiger partial charge on any atom is -0.320 e. The quantitative estimate of drug-likeness (QED) is 0.830. The van der Waals surface area contributed by atoms with E-state index in [2.05, 4.69) is 50.9 Å². The van der Waals surface area contributed by atoms with Crippen LogP contribution in [-0.2, 0) is 0 Å². The number of thiophene rings is 1. The van der Waals surface area contributed by atoms with E-state index in [-0.39, 0.29) is 6.04 Å². The Morgan fingerprint density at radius 2 is 2.00 bits per heavy atom. The Morgan fingerprint density at radius 3 is 2.62 bits per heavy atom. The third-order valence-corrected chi connectivity index (χ3v) is 5.52. The van der Waals surface area contributed by atoms with E-state index in [1.165, 1.54) is 5.56 Å². The second-order valence-corrected chi connectivity index (χ2v) is 6.18. The third kappa shape index (κ3) is 2.25. The molecule has 0 fully saturated rings. The van der Waals surface area contributed by atoms with Crippen LogP contribution in [0.15, 0.2) is 38.6 Å². The van der Waals surface area contributed by atoms with Gasteiger partial charge < -0.3 is 5.73 Å². The predicted octanol–water partition coefficient (Wildman–Crippen LogP) is 4.63. The molecule has 16 heavy (non-hydrogen) atoms. The van der Waals surface area contributed by atoms with Crippen LogP contribution < -0.4 is 5.73 Å². The fourth-order valence-corrected chi connectivity index (χ4v) is 3.73. The predicted molar refractivity (Wildman–Crippen MR) is 76.9 cm³/mol. The molecule has 0 amide bonds. The van der Waals surface area contributed by atoms with Crippen LogP contribution in [0.4, 0.5) is 0 Å². The molecule has 84 valence electrons. The molecule has 1 aromatic carbocycles. The summed E-state index contributed by atoms with van der Waals surface area (Å²) in [7, 11) is 0. The average Bonchev–Trinajstić information content (AvgIpc) is 2.68. The zero-order chi connectivity index (χ0) is 11.7. The molecule has 1 unspecified atom stereocenters. The van der Waals surface area contributed by atoms with Gasteiger partial charge in [0.15, 0.2) is 0 Å². The monoisotopic (exact) mass is 359 g/mol. The summed E-state index contributed by atoms with van der Waals surface area (Å²) in [5.41, 5.74) is 8.62. The largest absolute Gasteiger partial charge is 0.320 e. The zero-order valence-electron chi connectivity index (χ0n) is 8.71. The molecule has 0 spiro atoms. The normalized spacial score (nSPS) is 12.8. The van der Waals surface area contributed by atoms with Gasteiger partial charge in [0.2, 0.25) is 0 Å². The van der Waals surface area contributed by atoms with Gasteiger partial charge in [0.25, 0.3) is 0 Å². The summed E-state index contributed by atoms with van der Waals surface area (Å²) in [6.07, 6.45) is 0. The Morgan fingerprint density at radius 1 is 1.25 bits per heavy atom. The summed E-state index contributed by atoms with van der Waals surface area (Å²) in [4.78, 5) is 1.16. The van der Waals surface area contributed by atoms with Crippen LogP contribution in [0.3, 0.4) is 0 Å². The fraction of sp³-hybridized carbons (Fsp3) is 0.167. The van der Waals surface area contributed by atoms with Crippen molar-refractivity contribution in [3.05, 3.63) is 54.6 Å². The summed E-state index contributed by atoms with van der Waals surface area (Å²) < 4.78 is 2.18. The van der Waals surface area contributed by atoms with E-state index in [1.54, 1.807) is 11.3 Å². The molecule has 4 heteroatoms. The number of benzene rings is 1. The molecule has 0 aliphatic heterocycles. The maximum Gasteiger partial charge on any atom is 0.0668 e. The van der Waals surface area contributed by atoms with Gasteiger partial charge in [-0.15, -0.1) is 11.3 Å². The van der Waals surface area contributed by atoms with Gasteiger partial charge in [0.05, 0.1) is 6.04 Å².